The maximum atomic E-state index is 4.65. The number of pyridine rings is 1. The number of anilines is 1. The van der Waals surface area contributed by atoms with Gasteiger partial charge in [-0.1, -0.05) is 19.9 Å². The van der Waals surface area contributed by atoms with Crippen LogP contribution in [0.15, 0.2) is 18.3 Å². The van der Waals surface area contributed by atoms with Gasteiger partial charge in [-0.25, -0.2) is 4.98 Å². The molecule has 0 aliphatic carbocycles. The fourth-order valence-corrected chi connectivity index (χ4v) is 2.21. The van der Waals surface area contributed by atoms with Gasteiger partial charge in [0.25, 0.3) is 0 Å². The molecular formula is C16H30N4. The van der Waals surface area contributed by atoms with Crippen LogP contribution < -0.4 is 10.2 Å². The summed E-state index contributed by atoms with van der Waals surface area (Å²) in [6, 6.07) is 4.51. The first-order valence-electron chi connectivity index (χ1n) is 7.47. The molecule has 0 saturated heterocycles. The van der Waals surface area contributed by atoms with E-state index in [1.54, 1.807) is 0 Å². The van der Waals surface area contributed by atoms with Gasteiger partial charge in [0.2, 0.25) is 0 Å². The van der Waals surface area contributed by atoms with Crippen molar-refractivity contribution in [3.05, 3.63) is 23.9 Å². The van der Waals surface area contributed by atoms with Gasteiger partial charge >= 0.3 is 0 Å². The summed E-state index contributed by atoms with van der Waals surface area (Å²) in [6.45, 7) is 9.77. The average Bonchev–Trinajstić information content (AvgIpc) is 2.42. The SMILES string of the molecule is CNC(C)c1cccnc1N(CCN(C)C)CC(C)C. The molecule has 4 heteroatoms. The Morgan fingerprint density at radius 1 is 1.20 bits per heavy atom. The third kappa shape index (κ3) is 5.10. The van der Waals surface area contributed by atoms with Gasteiger partial charge in [0.15, 0.2) is 0 Å². The number of hydrogen-bond donors (Lipinski definition) is 1. The Bertz CT molecular complexity index is 390. The van der Waals surface area contributed by atoms with E-state index >= 15 is 0 Å². The van der Waals surface area contributed by atoms with Crippen molar-refractivity contribution >= 4 is 5.82 Å². The topological polar surface area (TPSA) is 31.4 Å². The predicted octanol–water partition coefficient (Wildman–Crippen LogP) is 2.39. The van der Waals surface area contributed by atoms with Crippen LogP contribution in [0.25, 0.3) is 0 Å². The molecule has 0 aliphatic rings. The lowest BCUT2D eigenvalue weighted by Crippen LogP contribution is -2.36. The maximum absolute atomic E-state index is 4.65. The lowest BCUT2D eigenvalue weighted by Gasteiger charge is -2.30. The molecule has 4 nitrogen and oxygen atoms in total. The molecule has 1 aromatic heterocycles. The molecule has 0 aromatic carbocycles. The number of likely N-dealkylation sites (N-methyl/N-ethyl adjacent to an activating group) is 1. The summed E-state index contributed by atoms with van der Waals surface area (Å²) in [5.41, 5.74) is 1.27. The summed E-state index contributed by atoms with van der Waals surface area (Å²) < 4.78 is 0. The van der Waals surface area contributed by atoms with Crippen LogP contribution in [0.3, 0.4) is 0 Å². The van der Waals surface area contributed by atoms with Crippen LogP contribution in [0.4, 0.5) is 5.82 Å². The fraction of sp³-hybridized carbons (Fsp3) is 0.688. The highest BCUT2D eigenvalue weighted by Gasteiger charge is 2.17. The third-order valence-corrected chi connectivity index (χ3v) is 3.42. The average molecular weight is 278 g/mol. The zero-order chi connectivity index (χ0) is 15.1. The van der Waals surface area contributed by atoms with E-state index in [9.17, 15) is 0 Å². The highest BCUT2D eigenvalue weighted by Crippen LogP contribution is 2.24. The van der Waals surface area contributed by atoms with Gasteiger partial charge in [-0.3, -0.25) is 0 Å². The normalized spacial score (nSPS) is 13.0. The Kier molecular flexibility index (Phi) is 6.96. The monoisotopic (exact) mass is 278 g/mol. The van der Waals surface area contributed by atoms with Gasteiger partial charge in [-0.05, 0) is 40.1 Å². The third-order valence-electron chi connectivity index (χ3n) is 3.42. The Labute approximate surface area is 124 Å². The summed E-state index contributed by atoms with van der Waals surface area (Å²) in [4.78, 5) is 9.28. The molecule has 1 atom stereocenters. The van der Waals surface area contributed by atoms with Crippen molar-refractivity contribution in [3.8, 4) is 0 Å². The van der Waals surface area contributed by atoms with Crippen LogP contribution in [-0.4, -0.2) is 50.7 Å². The molecule has 0 spiro atoms. The molecule has 0 bridgehead atoms. The Hall–Kier alpha value is -1.13. The number of nitrogens with zero attached hydrogens (tertiary/aromatic N) is 3. The van der Waals surface area contributed by atoms with Crippen molar-refractivity contribution in [1.82, 2.24) is 15.2 Å². The van der Waals surface area contributed by atoms with E-state index in [1.807, 2.05) is 19.3 Å². The summed E-state index contributed by atoms with van der Waals surface area (Å²) in [6.07, 6.45) is 1.89. The van der Waals surface area contributed by atoms with Crippen molar-refractivity contribution in [2.45, 2.75) is 26.8 Å². The predicted molar refractivity (Wildman–Crippen MR) is 87.3 cm³/mol. The quantitative estimate of drug-likeness (QED) is 0.791. The summed E-state index contributed by atoms with van der Waals surface area (Å²) in [7, 11) is 6.22. The Morgan fingerprint density at radius 2 is 1.90 bits per heavy atom. The van der Waals surface area contributed by atoms with Crippen molar-refractivity contribution in [1.29, 1.82) is 0 Å². The highest BCUT2D eigenvalue weighted by molar-refractivity contribution is 5.48. The second-order valence-electron chi connectivity index (χ2n) is 6.07. The van der Waals surface area contributed by atoms with Crippen LogP contribution in [0.1, 0.15) is 32.4 Å². The van der Waals surface area contributed by atoms with E-state index in [4.69, 9.17) is 0 Å². The summed E-state index contributed by atoms with van der Waals surface area (Å²) in [5, 5.41) is 3.32. The molecule has 1 N–H and O–H groups in total. The van der Waals surface area contributed by atoms with Crippen molar-refractivity contribution in [2.75, 3.05) is 45.7 Å². The first-order chi connectivity index (χ1) is 9.45. The lowest BCUT2D eigenvalue weighted by atomic mass is 10.1. The van der Waals surface area contributed by atoms with E-state index in [0.29, 0.717) is 12.0 Å². The molecule has 0 radical (unpaired) electrons. The summed E-state index contributed by atoms with van der Waals surface area (Å²) in [5.74, 6) is 1.74. The van der Waals surface area contributed by atoms with Crippen LogP contribution in [0.2, 0.25) is 0 Å². The standard InChI is InChI=1S/C16H30N4/c1-13(2)12-20(11-10-19(5)6)16-15(14(3)17-4)8-7-9-18-16/h7-9,13-14,17H,10-12H2,1-6H3. The van der Waals surface area contributed by atoms with Crippen molar-refractivity contribution < 1.29 is 0 Å². The second-order valence-corrected chi connectivity index (χ2v) is 6.07. The molecule has 0 amide bonds. The largest absolute Gasteiger partial charge is 0.355 e. The molecule has 0 saturated carbocycles. The van der Waals surface area contributed by atoms with Gasteiger partial charge in [-0.15, -0.1) is 0 Å². The van der Waals surface area contributed by atoms with Crippen LogP contribution in [-0.2, 0) is 0 Å². The molecule has 114 valence electrons. The van der Waals surface area contributed by atoms with E-state index in [0.717, 1.165) is 25.5 Å². The Balaban J connectivity index is 2.99. The molecule has 20 heavy (non-hydrogen) atoms. The minimum Gasteiger partial charge on any atom is -0.355 e. The lowest BCUT2D eigenvalue weighted by molar-refractivity contribution is 0.408. The molecule has 1 rings (SSSR count). The van der Waals surface area contributed by atoms with Gasteiger partial charge in [0, 0.05) is 37.4 Å². The molecule has 0 fully saturated rings. The van der Waals surface area contributed by atoms with E-state index < -0.39 is 0 Å². The highest BCUT2D eigenvalue weighted by atomic mass is 15.2. The Morgan fingerprint density at radius 3 is 2.45 bits per heavy atom. The van der Waals surface area contributed by atoms with Gasteiger partial charge in [0.05, 0.1) is 0 Å². The number of aromatic nitrogens is 1. The van der Waals surface area contributed by atoms with Crippen molar-refractivity contribution in [2.24, 2.45) is 5.92 Å². The minimum absolute atomic E-state index is 0.313. The van der Waals surface area contributed by atoms with Crippen LogP contribution in [0.5, 0.6) is 0 Å². The number of rotatable bonds is 8. The molecule has 1 aromatic rings. The summed E-state index contributed by atoms with van der Waals surface area (Å²) >= 11 is 0. The smallest absolute Gasteiger partial charge is 0.133 e. The van der Waals surface area contributed by atoms with Gasteiger partial charge < -0.3 is 15.1 Å². The van der Waals surface area contributed by atoms with Crippen molar-refractivity contribution in [3.63, 3.8) is 0 Å². The minimum atomic E-state index is 0.313. The number of hydrogen-bond acceptors (Lipinski definition) is 4. The van der Waals surface area contributed by atoms with Gasteiger partial charge in [0.1, 0.15) is 5.82 Å². The molecule has 1 heterocycles. The van der Waals surface area contributed by atoms with E-state index in [-0.39, 0.29) is 0 Å². The fourth-order valence-electron chi connectivity index (χ4n) is 2.21. The molecule has 1 unspecified atom stereocenters. The molecule has 0 aliphatic heterocycles. The zero-order valence-corrected chi connectivity index (χ0v) is 13.8. The van der Waals surface area contributed by atoms with E-state index in [1.165, 1.54) is 5.56 Å². The number of nitrogens with one attached hydrogen (secondary N) is 1. The zero-order valence-electron chi connectivity index (χ0n) is 13.8. The van der Waals surface area contributed by atoms with E-state index in [2.05, 4.69) is 61.0 Å². The first kappa shape index (κ1) is 16.9. The first-order valence-corrected chi connectivity index (χ1v) is 7.47. The molecular weight excluding hydrogens is 248 g/mol. The maximum Gasteiger partial charge on any atom is 0.133 e. The van der Waals surface area contributed by atoms with Gasteiger partial charge in [-0.2, -0.15) is 0 Å². The second kappa shape index (κ2) is 8.22. The van der Waals surface area contributed by atoms with Crippen LogP contribution >= 0.6 is 0 Å². The van der Waals surface area contributed by atoms with Crippen LogP contribution in [0, 0.1) is 5.92 Å².